The van der Waals surface area contributed by atoms with E-state index in [1.165, 1.54) is 0 Å². The first kappa shape index (κ1) is 8.82. The lowest BCUT2D eigenvalue weighted by Gasteiger charge is -1.88. The van der Waals surface area contributed by atoms with E-state index in [2.05, 4.69) is 0 Å². The first-order chi connectivity index (χ1) is 4.76. The van der Waals surface area contributed by atoms with Crippen LogP contribution in [0.1, 0.15) is 13.8 Å². The summed E-state index contributed by atoms with van der Waals surface area (Å²) in [6.07, 6.45) is 5.25. The van der Waals surface area contributed by atoms with E-state index < -0.39 is 5.78 Å². The normalized spacial score (nSPS) is 12.0. The standard InChI is InChI=1S/C8H10O2/c1-3-5-7(4-2)8(10)6-9/h3-6H,1-2H3/b5-3-,7-4+. The largest absolute Gasteiger partial charge is 0.294 e. The molecule has 0 aliphatic rings. The lowest BCUT2D eigenvalue weighted by molar-refractivity contribution is -0.127. The van der Waals surface area contributed by atoms with Crippen LogP contribution in [0.5, 0.6) is 0 Å². The number of carbonyl (C=O) groups excluding carboxylic acids is 2. The summed E-state index contributed by atoms with van der Waals surface area (Å²) in [4.78, 5) is 20.6. The van der Waals surface area contributed by atoms with Gasteiger partial charge in [-0.1, -0.05) is 18.2 Å². The van der Waals surface area contributed by atoms with Gasteiger partial charge in [0, 0.05) is 5.57 Å². The van der Waals surface area contributed by atoms with Gasteiger partial charge in [-0.2, -0.15) is 0 Å². The van der Waals surface area contributed by atoms with E-state index in [0.717, 1.165) is 0 Å². The van der Waals surface area contributed by atoms with Crippen molar-refractivity contribution < 1.29 is 9.59 Å². The maximum atomic E-state index is 10.6. The van der Waals surface area contributed by atoms with E-state index in [1.807, 2.05) is 0 Å². The monoisotopic (exact) mass is 138 g/mol. The molecule has 0 rings (SSSR count). The predicted octanol–water partition coefficient (Wildman–Crippen LogP) is 1.28. The fourth-order valence-corrected chi connectivity index (χ4v) is 0.568. The van der Waals surface area contributed by atoms with Gasteiger partial charge in [-0.15, -0.1) is 0 Å². The highest BCUT2D eigenvalue weighted by atomic mass is 16.2. The zero-order valence-corrected chi connectivity index (χ0v) is 6.13. The molecule has 0 saturated heterocycles. The number of hydrogen-bond donors (Lipinski definition) is 0. The van der Waals surface area contributed by atoms with Crippen LogP contribution in [0.3, 0.4) is 0 Å². The fraction of sp³-hybridized carbons (Fsp3) is 0.250. The number of Topliss-reactive ketones (excluding diaryl/α,β-unsaturated/α-hetero) is 1. The molecule has 0 heterocycles. The highest BCUT2D eigenvalue weighted by Crippen LogP contribution is 1.95. The Morgan fingerprint density at radius 2 is 1.90 bits per heavy atom. The molecule has 54 valence electrons. The number of carbonyl (C=O) groups is 2. The number of aldehydes is 1. The topological polar surface area (TPSA) is 34.1 Å². The van der Waals surface area contributed by atoms with Crippen LogP contribution in [-0.4, -0.2) is 12.1 Å². The van der Waals surface area contributed by atoms with Crippen molar-refractivity contribution in [2.24, 2.45) is 0 Å². The van der Waals surface area contributed by atoms with Gasteiger partial charge in [0.05, 0.1) is 0 Å². The summed E-state index contributed by atoms with van der Waals surface area (Å²) in [6, 6.07) is 0. The second-order valence-corrected chi connectivity index (χ2v) is 1.73. The van der Waals surface area contributed by atoms with Crippen molar-refractivity contribution in [1.29, 1.82) is 0 Å². The van der Waals surface area contributed by atoms with E-state index in [-0.39, 0.29) is 0 Å². The van der Waals surface area contributed by atoms with Crippen molar-refractivity contribution in [1.82, 2.24) is 0 Å². The lowest BCUT2D eigenvalue weighted by atomic mass is 10.1. The van der Waals surface area contributed by atoms with E-state index in [9.17, 15) is 9.59 Å². The van der Waals surface area contributed by atoms with Gasteiger partial charge in [-0.05, 0) is 13.8 Å². The predicted molar refractivity (Wildman–Crippen MR) is 39.6 cm³/mol. The van der Waals surface area contributed by atoms with Gasteiger partial charge in [0.25, 0.3) is 0 Å². The maximum absolute atomic E-state index is 10.6. The van der Waals surface area contributed by atoms with E-state index in [0.29, 0.717) is 11.9 Å². The summed E-state index contributed by atoms with van der Waals surface area (Å²) >= 11 is 0. The number of ketones is 1. The lowest BCUT2D eigenvalue weighted by Crippen LogP contribution is -2.00. The first-order valence-electron chi connectivity index (χ1n) is 3.04. The Labute approximate surface area is 60.2 Å². The van der Waals surface area contributed by atoms with Crippen molar-refractivity contribution in [3.05, 3.63) is 23.8 Å². The van der Waals surface area contributed by atoms with Crippen LogP contribution in [0.15, 0.2) is 23.8 Å². The molecule has 0 aliphatic carbocycles. The minimum atomic E-state index is -0.472. The summed E-state index contributed by atoms with van der Waals surface area (Å²) in [6.45, 7) is 3.51. The molecule has 2 nitrogen and oxygen atoms in total. The van der Waals surface area contributed by atoms with Gasteiger partial charge >= 0.3 is 0 Å². The maximum Gasteiger partial charge on any atom is 0.225 e. The molecule has 0 aromatic carbocycles. The molecule has 0 saturated carbocycles. The molecule has 0 spiro atoms. The Kier molecular flexibility index (Phi) is 4.12. The molecule has 0 aliphatic heterocycles. The van der Waals surface area contributed by atoms with Gasteiger partial charge < -0.3 is 0 Å². The van der Waals surface area contributed by atoms with Crippen molar-refractivity contribution >= 4 is 12.1 Å². The highest BCUT2D eigenvalue weighted by molar-refractivity contribution is 6.33. The Morgan fingerprint density at radius 3 is 2.20 bits per heavy atom. The van der Waals surface area contributed by atoms with Gasteiger partial charge in [-0.25, -0.2) is 0 Å². The molecule has 0 atom stereocenters. The average molecular weight is 138 g/mol. The highest BCUT2D eigenvalue weighted by Gasteiger charge is 2.00. The van der Waals surface area contributed by atoms with Crippen LogP contribution in [0.2, 0.25) is 0 Å². The molecule has 0 N–H and O–H groups in total. The average Bonchev–Trinajstić information content (AvgIpc) is 1.99. The third kappa shape index (κ3) is 2.40. The molecule has 0 unspecified atom stereocenters. The molecule has 0 aromatic rings. The van der Waals surface area contributed by atoms with Crippen molar-refractivity contribution in [3.8, 4) is 0 Å². The number of allylic oxidation sites excluding steroid dienone is 4. The van der Waals surface area contributed by atoms with Crippen LogP contribution >= 0.6 is 0 Å². The minimum Gasteiger partial charge on any atom is -0.294 e. The fourth-order valence-electron chi connectivity index (χ4n) is 0.568. The van der Waals surface area contributed by atoms with Crippen LogP contribution in [-0.2, 0) is 9.59 Å². The molecular weight excluding hydrogens is 128 g/mol. The summed E-state index contributed by atoms with van der Waals surface area (Å²) in [5, 5.41) is 0. The van der Waals surface area contributed by atoms with Gasteiger partial charge in [-0.3, -0.25) is 9.59 Å². The Morgan fingerprint density at radius 1 is 1.30 bits per heavy atom. The molecule has 0 bridgehead atoms. The molecular formula is C8H10O2. The van der Waals surface area contributed by atoms with Crippen LogP contribution in [0, 0.1) is 0 Å². The van der Waals surface area contributed by atoms with Gasteiger partial charge in [0.1, 0.15) is 0 Å². The summed E-state index contributed by atoms with van der Waals surface area (Å²) in [7, 11) is 0. The molecule has 2 heteroatoms. The third-order valence-electron chi connectivity index (χ3n) is 1.05. The smallest absolute Gasteiger partial charge is 0.225 e. The second-order valence-electron chi connectivity index (χ2n) is 1.73. The summed E-state index contributed by atoms with van der Waals surface area (Å²) in [5.41, 5.74) is 0.442. The van der Waals surface area contributed by atoms with E-state index in [4.69, 9.17) is 0 Å². The molecule has 0 aromatic heterocycles. The molecule has 10 heavy (non-hydrogen) atoms. The van der Waals surface area contributed by atoms with Crippen LogP contribution < -0.4 is 0 Å². The van der Waals surface area contributed by atoms with E-state index >= 15 is 0 Å². The molecule has 0 amide bonds. The van der Waals surface area contributed by atoms with Gasteiger partial charge in [0.2, 0.25) is 5.78 Å². The van der Waals surface area contributed by atoms with Crippen LogP contribution in [0.25, 0.3) is 0 Å². The first-order valence-corrected chi connectivity index (χ1v) is 3.04. The minimum absolute atomic E-state index is 0.315. The van der Waals surface area contributed by atoms with Crippen molar-refractivity contribution in [2.45, 2.75) is 13.8 Å². The second kappa shape index (κ2) is 4.68. The van der Waals surface area contributed by atoms with Crippen LogP contribution in [0.4, 0.5) is 0 Å². The zero-order valence-electron chi connectivity index (χ0n) is 6.13. The molecule has 0 fully saturated rings. The quantitative estimate of drug-likeness (QED) is 0.255. The van der Waals surface area contributed by atoms with Crippen molar-refractivity contribution in [3.63, 3.8) is 0 Å². The Bertz CT molecular complexity index is 187. The zero-order chi connectivity index (χ0) is 7.98. The van der Waals surface area contributed by atoms with Crippen molar-refractivity contribution in [2.75, 3.05) is 0 Å². The molecule has 0 radical (unpaired) electrons. The Hall–Kier alpha value is -1.18. The SMILES string of the molecule is C/C=C\C(=C/C)C(=O)C=O. The summed E-state index contributed by atoms with van der Waals surface area (Å²) < 4.78 is 0. The van der Waals surface area contributed by atoms with E-state index in [1.54, 1.807) is 32.1 Å². The number of rotatable bonds is 3. The Balaban J connectivity index is 4.37. The summed E-state index contributed by atoms with van der Waals surface area (Å²) in [5.74, 6) is -0.472. The van der Waals surface area contributed by atoms with Gasteiger partial charge in [0.15, 0.2) is 6.29 Å². The number of hydrogen-bond acceptors (Lipinski definition) is 2. The third-order valence-corrected chi connectivity index (χ3v) is 1.05.